The average molecular weight is 409 g/mol. The van der Waals surface area contributed by atoms with E-state index in [1.807, 2.05) is 4.72 Å². The van der Waals surface area contributed by atoms with E-state index in [1.54, 1.807) is 44.5 Å². The summed E-state index contributed by atoms with van der Waals surface area (Å²) in [4.78, 5) is 11.6. The molecule has 2 aromatic rings. The number of halogens is 1. The molecule has 28 heavy (non-hydrogen) atoms. The van der Waals surface area contributed by atoms with Crippen LogP contribution in [0.2, 0.25) is 0 Å². The van der Waals surface area contributed by atoms with Gasteiger partial charge in [0.05, 0.1) is 7.11 Å². The van der Waals surface area contributed by atoms with Crippen molar-refractivity contribution in [3.05, 3.63) is 53.3 Å². The lowest BCUT2D eigenvalue weighted by atomic mass is 10.1. The molecule has 1 aliphatic heterocycles. The predicted octanol–water partition coefficient (Wildman–Crippen LogP) is 1.31. The fourth-order valence-corrected chi connectivity index (χ4v) is 3.98. The van der Waals surface area contributed by atoms with Gasteiger partial charge in [0.2, 0.25) is 0 Å². The summed E-state index contributed by atoms with van der Waals surface area (Å²) in [6.07, 6.45) is 0. The number of nitrogens with zero attached hydrogens (tertiary/aromatic N) is 1. The summed E-state index contributed by atoms with van der Waals surface area (Å²) in [5, 5.41) is 2.90. The van der Waals surface area contributed by atoms with Crippen LogP contribution in [-0.4, -0.2) is 35.0 Å². The van der Waals surface area contributed by atoms with E-state index in [9.17, 15) is 17.6 Å². The van der Waals surface area contributed by atoms with Crippen LogP contribution < -0.4 is 23.8 Å². The molecule has 0 aromatic heterocycles. The molecular formula is C18H20FN3O5S. The lowest BCUT2D eigenvalue weighted by Gasteiger charge is -2.21. The van der Waals surface area contributed by atoms with Crippen molar-refractivity contribution >= 4 is 21.8 Å². The molecule has 0 unspecified atom stereocenters. The molecule has 1 heterocycles. The number of amides is 1. The summed E-state index contributed by atoms with van der Waals surface area (Å²) >= 11 is 0. The SMILES string of the molecule is CNCc1cc(F)c(N2CC(=O)NS2(=O)=O)c(OCc2ccc(OC)cc2)c1. The molecule has 1 fully saturated rings. The minimum absolute atomic E-state index is 0.0288. The van der Waals surface area contributed by atoms with Crippen molar-refractivity contribution < 1.29 is 27.1 Å². The van der Waals surface area contributed by atoms with Crippen LogP contribution in [0.4, 0.5) is 10.1 Å². The van der Waals surface area contributed by atoms with Gasteiger partial charge in [0.1, 0.15) is 30.3 Å². The molecule has 1 amide bonds. The Balaban J connectivity index is 1.95. The summed E-state index contributed by atoms with van der Waals surface area (Å²) in [7, 11) is -0.909. The Kier molecular flexibility index (Phi) is 5.71. The van der Waals surface area contributed by atoms with Crippen molar-refractivity contribution in [1.29, 1.82) is 0 Å². The monoisotopic (exact) mass is 409 g/mol. The Morgan fingerprint density at radius 3 is 2.50 bits per heavy atom. The number of nitrogens with one attached hydrogen (secondary N) is 2. The van der Waals surface area contributed by atoms with Gasteiger partial charge < -0.3 is 14.8 Å². The van der Waals surface area contributed by atoms with Crippen LogP contribution >= 0.6 is 0 Å². The van der Waals surface area contributed by atoms with Crippen LogP contribution in [0.5, 0.6) is 11.5 Å². The van der Waals surface area contributed by atoms with Gasteiger partial charge in [0.25, 0.3) is 5.91 Å². The van der Waals surface area contributed by atoms with Crippen LogP contribution in [0.3, 0.4) is 0 Å². The molecule has 10 heteroatoms. The van der Waals surface area contributed by atoms with Crippen molar-refractivity contribution in [3.8, 4) is 11.5 Å². The van der Waals surface area contributed by atoms with E-state index in [-0.39, 0.29) is 18.0 Å². The second-order valence-corrected chi connectivity index (χ2v) is 7.72. The van der Waals surface area contributed by atoms with Crippen molar-refractivity contribution in [1.82, 2.24) is 10.0 Å². The highest BCUT2D eigenvalue weighted by molar-refractivity contribution is 7.92. The number of hydrogen-bond donors (Lipinski definition) is 2. The molecule has 0 atom stereocenters. The predicted molar refractivity (Wildman–Crippen MR) is 101 cm³/mol. The highest BCUT2D eigenvalue weighted by Gasteiger charge is 2.37. The molecule has 0 spiro atoms. The van der Waals surface area contributed by atoms with Crippen LogP contribution in [-0.2, 0) is 28.2 Å². The number of anilines is 1. The molecule has 3 rings (SSSR count). The third kappa shape index (κ3) is 4.18. The zero-order valence-corrected chi connectivity index (χ0v) is 16.2. The summed E-state index contributed by atoms with van der Waals surface area (Å²) in [5.74, 6) is -0.822. The van der Waals surface area contributed by atoms with Gasteiger partial charge in [-0.3, -0.25) is 4.79 Å². The maximum Gasteiger partial charge on any atom is 0.326 e. The molecule has 2 aromatic carbocycles. The van der Waals surface area contributed by atoms with Gasteiger partial charge in [-0.15, -0.1) is 0 Å². The molecule has 2 N–H and O–H groups in total. The fraction of sp³-hybridized carbons (Fsp3) is 0.278. The summed E-state index contributed by atoms with van der Waals surface area (Å²) in [6.45, 7) is -0.0712. The maximum absolute atomic E-state index is 14.8. The van der Waals surface area contributed by atoms with E-state index >= 15 is 0 Å². The van der Waals surface area contributed by atoms with E-state index in [2.05, 4.69) is 5.32 Å². The maximum atomic E-state index is 14.8. The first kappa shape index (κ1) is 19.9. The number of hydrogen-bond acceptors (Lipinski definition) is 6. The first-order valence-electron chi connectivity index (χ1n) is 8.40. The van der Waals surface area contributed by atoms with E-state index in [1.165, 1.54) is 6.07 Å². The molecule has 1 aliphatic rings. The van der Waals surface area contributed by atoms with E-state index < -0.39 is 28.5 Å². The molecule has 0 saturated carbocycles. The molecule has 0 aliphatic carbocycles. The van der Waals surface area contributed by atoms with Crippen molar-refractivity contribution in [2.24, 2.45) is 0 Å². The van der Waals surface area contributed by atoms with E-state index in [0.29, 0.717) is 22.2 Å². The quantitative estimate of drug-likeness (QED) is 0.716. The first-order valence-corrected chi connectivity index (χ1v) is 9.84. The normalized spacial score (nSPS) is 15.4. The van der Waals surface area contributed by atoms with Crippen LogP contribution in [0, 0.1) is 5.82 Å². The third-order valence-electron chi connectivity index (χ3n) is 4.09. The Bertz CT molecular complexity index is 979. The molecule has 1 saturated heterocycles. The number of methoxy groups -OCH3 is 1. The smallest absolute Gasteiger partial charge is 0.326 e. The second kappa shape index (κ2) is 8.03. The average Bonchev–Trinajstić information content (AvgIpc) is 2.92. The number of rotatable bonds is 7. The molecule has 0 radical (unpaired) electrons. The number of benzene rings is 2. The molecular weight excluding hydrogens is 389 g/mol. The number of carbonyl (C=O) groups excluding carboxylic acids is 1. The van der Waals surface area contributed by atoms with Gasteiger partial charge in [-0.1, -0.05) is 12.1 Å². The summed E-state index contributed by atoms with van der Waals surface area (Å²) in [6, 6.07) is 9.84. The van der Waals surface area contributed by atoms with Gasteiger partial charge in [-0.2, -0.15) is 8.42 Å². The highest BCUT2D eigenvalue weighted by atomic mass is 32.2. The molecule has 150 valence electrons. The van der Waals surface area contributed by atoms with Gasteiger partial charge in [-0.25, -0.2) is 13.4 Å². The van der Waals surface area contributed by atoms with E-state index in [4.69, 9.17) is 9.47 Å². The lowest BCUT2D eigenvalue weighted by Crippen LogP contribution is -2.30. The van der Waals surface area contributed by atoms with E-state index in [0.717, 1.165) is 5.56 Å². The largest absolute Gasteiger partial charge is 0.497 e. The Morgan fingerprint density at radius 1 is 1.21 bits per heavy atom. The third-order valence-corrected chi connectivity index (χ3v) is 5.47. The first-order chi connectivity index (χ1) is 13.3. The Hall–Kier alpha value is -2.85. The van der Waals surface area contributed by atoms with Gasteiger partial charge in [-0.05, 0) is 42.4 Å². The fourth-order valence-electron chi connectivity index (χ4n) is 2.81. The topological polar surface area (TPSA) is 97.0 Å². The van der Waals surface area contributed by atoms with Crippen LogP contribution in [0.15, 0.2) is 36.4 Å². The zero-order valence-electron chi connectivity index (χ0n) is 15.4. The van der Waals surface area contributed by atoms with Crippen LogP contribution in [0.25, 0.3) is 0 Å². The Labute approximate surface area is 162 Å². The van der Waals surface area contributed by atoms with Gasteiger partial charge in [0, 0.05) is 6.54 Å². The minimum Gasteiger partial charge on any atom is -0.497 e. The zero-order chi connectivity index (χ0) is 20.3. The van der Waals surface area contributed by atoms with Crippen LogP contribution in [0.1, 0.15) is 11.1 Å². The van der Waals surface area contributed by atoms with Crippen molar-refractivity contribution in [3.63, 3.8) is 0 Å². The standard InChI is InChI=1S/C18H20FN3O5S/c1-20-9-13-7-15(19)18(22-10-17(23)21-28(22,24)25)16(8-13)27-11-12-3-5-14(26-2)6-4-12/h3-8,20H,9-11H2,1-2H3,(H,21,23). The highest BCUT2D eigenvalue weighted by Crippen LogP contribution is 2.36. The lowest BCUT2D eigenvalue weighted by molar-refractivity contribution is -0.117. The van der Waals surface area contributed by atoms with Gasteiger partial charge >= 0.3 is 10.2 Å². The number of ether oxygens (including phenoxy) is 2. The summed E-state index contributed by atoms with van der Waals surface area (Å²) in [5.41, 5.74) is 1.06. The van der Waals surface area contributed by atoms with Crippen molar-refractivity contribution in [2.45, 2.75) is 13.2 Å². The minimum atomic E-state index is -4.17. The van der Waals surface area contributed by atoms with Gasteiger partial charge in [0.15, 0.2) is 5.82 Å². The molecule has 8 nitrogen and oxygen atoms in total. The van der Waals surface area contributed by atoms with Crippen molar-refractivity contribution in [2.75, 3.05) is 25.0 Å². The summed E-state index contributed by atoms with van der Waals surface area (Å²) < 4.78 is 52.5. The second-order valence-electron chi connectivity index (χ2n) is 6.13. The number of carbonyl (C=O) groups is 1. The Morgan fingerprint density at radius 2 is 1.93 bits per heavy atom. The molecule has 0 bridgehead atoms.